The molecule has 0 saturated carbocycles. The average Bonchev–Trinajstić information content (AvgIpc) is 3.19. The summed E-state index contributed by atoms with van der Waals surface area (Å²) in [7, 11) is 0. The fourth-order valence-corrected chi connectivity index (χ4v) is 3.66. The van der Waals surface area contributed by atoms with Crippen LogP contribution in [0.25, 0.3) is 10.6 Å². The highest BCUT2D eigenvalue weighted by Crippen LogP contribution is 2.26. The third-order valence-electron chi connectivity index (χ3n) is 4.42. The number of amides is 2. The van der Waals surface area contributed by atoms with E-state index in [1.54, 1.807) is 4.90 Å². The summed E-state index contributed by atoms with van der Waals surface area (Å²) in [5.41, 5.74) is 3.16. The minimum Gasteiger partial charge on any atom is -0.338 e. The number of aryl methyl sites for hydroxylation is 1. The van der Waals surface area contributed by atoms with E-state index in [-0.39, 0.29) is 18.2 Å². The molecule has 0 atom stereocenters. The van der Waals surface area contributed by atoms with Crippen LogP contribution in [0.15, 0.2) is 54.6 Å². The molecule has 0 radical (unpaired) electrons. The number of rotatable bonds is 8. The number of benzene rings is 2. The maximum absolute atomic E-state index is 12.4. The molecule has 3 rings (SSSR count). The van der Waals surface area contributed by atoms with E-state index >= 15 is 0 Å². The van der Waals surface area contributed by atoms with E-state index in [0.29, 0.717) is 24.6 Å². The molecular weight excluding hydrogens is 384 g/mol. The molecule has 0 aliphatic heterocycles. The molecule has 1 aromatic heterocycles. The summed E-state index contributed by atoms with van der Waals surface area (Å²) < 4.78 is 0. The van der Waals surface area contributed by atoms with Crippen LogP contribution in [0.4, 0.5) is 5.13 Å². The molecule has 150 valence electrons. The molecule has 0 aliphatic carbocycles. The Morgan fingerprint density at radius 1 is 1.07 bits per heavy atom. The first-order chi connectivity index (χ1) is 14.0. The van der Waals surface area contributed by atoms with Gasteiger partial charge >= 0.3 is 0 Å². The van der Waals surface area contributed by atoms with Crippen LogP contribution in [0, 0.1) is 6.92 Å². The van der Waals surface area contributed by atoms with Crippen LogP contribution in [0.5, 0.6) is 0 Å². The molecule has 2 amide bonds. The standard InChI is InChI=1S/C22H24N4O2S/c1-3-20(28)26(15-17-9-5-4-6-10-17)13-12-19(27)23-22-25-24-21(29-22)18-11-7-8-16(2)14-18/h4-11,14H,3,12-13,15H2,1-2H3,(H,23,25,27). The molecular formula is C22H24N4O2S. The van der Waals surface area contributed by atoms with Gasteiger partial charge in [-0.15, -0.1) is 10.2 Å². The van der Waals surface area contributed by atoms with Crippen molar-refractivity contribution in [3.63, 3.8) is 0 Å². The van der Waals surface area contributed by atoms with Gasteiger partial charge in [-0.05, 0) is 18.6 Å². The van der Waals surface area contributed by atoms with Gasteiger partial charge in [0.25, 0.3) is 0 Å². The van der Waals surface area contributed by atoms with Gasteiger partial charge in [-0.3, -0.25) is 9.59 Å². The van der Waals surface area contributed by atoms with Crippen LogP contribution in [0.3, 0.4) is 0 Å². The highest BCUT2D eigenvalue weighted by molar-refractivity contribution is 7.18. The van der Waals surface area contributed by atoms with Gasteiger partial charge in [-0.1, -0.05) is 72.4 Å². The lowest BCUT2D eigenvalue weighted by atomic mass is 10.1. The second kappa shape index (κ2) is 9.93. The molecule has 29 heavy (non-hydrogen) atoms. The SMILES string of the molecule is CCC(=O)N(CCC(=O)Nc1nnc(-c2cccc(C)c2)s1)Cc1ccccc1. The number of hydrogen-bond acceptors (Lipinski definition) is 5. The van der Waals surface area contributed by atoms with Gasteiger partial charge in [0, 0.05) is 31.5 Å². The Morgan fingerprint density at radius 2 is 1.86 bits per heavy atom. The van der Waals surface area contributed by atoms with E-state index in [9.17, 15) is 9.59 Å². The van der Waals surface area contributed by atoms with Crippen molar-refractivity contribution in [2.24, 2.45) is 0 Å². The van der Waals surface area contributed by atoms with Crippen LogP contribution in [-0.2, 0) is 16.1 Å². The van der Waals surface area contributed by atoms with E-state index in [2.05, 4.69) is 15.5 Å². The minimum atomic E-state index is -0.182. The Bertz CT molecular complexity index is 972. The largest absolute Gasteiger partial charge is 0.338 e. The Hall–Kier alpha value is -3.06. The summed E-state index contributed by atoms with van der Waals surface area (Å²) in [6.45, 7) is 4.70. The lowest BCUT2D eigenvalue weighted by Gasteiger charge is -2.22. The van der Waals surface area contributed by atoms with E-state index in [1.807, 2.05) is 68.4 Å². The van der Waals surface area contributed by atoms with Crippen LogP contribution >= 0.6 is 11.3 Å². The Kier molecular flexibility index (Phi) is 7.08. The number of hydrogen-bond donors (Lipinski definition) is 1. The fraction of sp³-hybridized carbons (Fsp3) is 0.273. The normalized spacial score (nSPS) is 10.6. The second-order valence-corrected chi connectivity index (χ2v) is 7.71. The molecule has 1 N–H and O–H groups in total. The van der Waals surface area contributed by atoms with E-state index in [0.717, 1.165) is 21.7 Å². The molecule has 0 spiro atoms. The van der Waals surface area contributed by atoms with Crippen molar-refractivity contribution in [1.29, 1.82) is 0 Å². The zero-order valence-electron chi connectivity index (χ0n) is 16.6. The quantitative estimate of drug-likeness (QED) is 0.604. The molecule has 2 aromatic carbocycles. The predicted octanol–water partition coefficient (Wildman–Crippen LogP) is 4.28. The molecule has 3 aromatic rings. The molecule has 0 bridgehead atoms. The zero-order valence-corrected chi connectivity index (χ0v) is 17.4. The van der Waals surface area contributed by atoms with E-state index in [4.69, 9.17) is 0 Å². The van der Waals surface area contributed by atoms with E-state index < -0.39 is 0 Å². The van der Waals surface area contributed by atoms with Gasteiger partial charge in [0.15, 0.2) is 0 Å². The van der Waals surface area contributed by atoms with Crippen molar-refractivity contribution in [3.8, 4) is 10.6 Å². The van der Waals surface area contributed by atoms with Crippen molar-refractivity contribution >= 4 is 28.3 Å². The molecule has 0 fully saturated rings. The highest BCUT2D eigenvalue weighted by atomic mass is 32.1. The number of anilines is 1. The van der Waals surface area contributed by atoms with Crippen LogP contribution in [-0.4, -0.2) is 33.5 Å². The van der Waals surface area contributed by atoms with Gasteiger partial charge in [0.2, 0.25) is 16.9 Å². The Labute approximate surface area is 174 Å². The van der Waals surface area contributed by atoms with Crippen molar-refractivity contribution in [2.75, 3.05) is 11.9 Å². The lowest BCUT2D eigenvalue weighted by molar-refractivity contribution is -0.131. The van der Waals surface area contributed by atoms with Gasteiger partial charge in [0.05, 0.1) is 0 Å². The maximum Gasteiger partial charge on any atom is 0.227 e. The third-order valence-corrected chi connectivity index (χ3v) is 5.30. The number of aromatic nitrogens is 2. The summed E-state index contributed by atoms with van der Waals surface area (Å²) in [4.78, 5) is 26.3. The summed E-state index contributed by atoms with van der Waals surface area (Å²) in [5, 5.41) is 12.2. The van der Waals surface area contributed by atoms with Crippen LogP contribution in [0.1, 0.15) is 30.9 Å². The summed E-state index contributed by atoms with van der Waals surface area (Å²) >= 11 is 1.34. The molecule has 0 unspecified atom stereocenters. The van der Waals surface area contributed by atoms with Crippen molar-refractivity contribution in [3.05, 3.63) is 65.7 Å². The number of nitrogens with one attached hydrogen (secondary N) is 1. The number of carbonyl (C=O) groups is 2. The first kappa shape index (κ1) is 20.7. The van der Waals surface area contributed by atoms with Crippen molar-refractivity contribution < 1.29 is 9.59 Å². The molecule has 0 saturated heterocycles. The van der Waals surface area contributed by atoms with Crippen molar-refractivity contribution in [2.45, 2.75) is 33.2 Å². The first-order valence-corrected chi connectivity index (χ1v) is 10.4. The topological polar surface area (TPSA) is 75.2 Å². The van der Waals surface area contributed by atoms with Gasteiger partial charge < -0.3 is 10.2 Å². The van der Waals surface area contributed by atoms with Crippen LogP contribution < -0.4 is 5.32 Å². The zero-order chi connectivity index (χ0) is 20.6. The Morgan fingerprint density at radius 3 is 2.59 bits per heavy atom. The number of carbonyl (C=O) groups excluding carboxylic acids is 2. The monoisotopic (exact) mass is 408 g/mol. The Balaban J connectivity index is 1.57. The fourth-order valence-electron chi connectivity index (χ4n) is 2.91. The predicted molar refractivity (Wildman–Crippen MR) is 115 cm³/mol. The summed E-state index contributed by atoms with van der Waals surface area (Å²) in [6, 6.07) is 17.8. The van der Waals surface area contributed by atoms with Gasteiger partial charge in [0.1, 0.15) is 5.01 Å². The minimum absolute atomic E-state index is 0.0271. The smallest absolute Gasteiger partial charge is 0.227 e. The number of nitrogens with zero attached hydrogens (tertiary/aromatic N) is 3. The van der Waals surface area contributed by atoms with E-state index in [1.165, 1.54) is 11.3 Å². The molecule has 0 aliphatic rings. The first-order valence-electron chi connectivity index (χ1n) is 9.57. The molecule has 7 heteroatoms. The summed E-state index contributed by atoms with van der Waals surface area (Å²) in [5.74, 6) is -0.154. The molecule has 6 nitrogen and oxygen atoms in total. The van der Waals surface area contributed by atoms with Gasteiger partial charge in [-0.2, -0.15) is 0 Å². The molecule has 1 heterocycles. The lowest BCUT2D eigenvalue weighted by Crippen LogP contribution is -2.32. The van der Waals surface area contributed by atoms with Gasteiger partial charge in [-0.25, -0.2) is 0 Å². The summed E-state index contributed by atoms with van der Waals surface area (Å²) in [6.07, 6.45) is 0.614. The third kappa shape index (κ3) is 5.96. The average molecular weight is 409 g/mol. The maximum atomic E-state index is 12.4. The van der Waals surface area contributed by atoms with Crippen molar-refractivity contribution in [1.82, 2.24) is 15.1 Å². The second-order valence-electron chi connectivity index (χ2n) is 6.73. The highest BCUT2D eigenvalue weighted by Gasteiger charge is 2.15. The van der Waals surface area contributed by atoms with Crippen LogP contribution in [0.2, 0.25) is 0 Å².